The fraction of sp³-hybridized carbons (Fsp3) is 0.219. The van der Waals surface area contributed by atoms with Crippen LogP contribution in [0.25, 0.3) is 10.9 Å². The van der Waals surface area contributed by atoms with E-state index in [1.54, 1.807) is 18.3 Å². The van der Waals surface area contributed by atoms with Crippen molar-refractivity contribution in [1.29, 1.82) is 5.26 Å². The third-order valence-electron chi connectivity index (χ3n) is 7.43. The van der Waals surface area contributed by atoms with Crippen LogP contribution in [0, 0.1) is 11.3 Å². The molecule has 0 saturated heterocycles. The molecule has 2 unspecified atom stereocenters. The predicted octanol–water partition coefficient (Wildman–Crippen LogP) is 5.58. The number of halogens is 1. The number of pyridine rings is 1. The molecule has 3 N–H and O–H groups in total. The van der Waals surface area contributed by atoms with E-state index in [2.05, 4.69) is 79.9 Å². The molecule has 1 aliphatic carbocycles. The Hall–Kier alpha value is -3.99. The Kier molecular flexibility index (Phi) is 8.10. The van der Waals surface area contributed by atoms with Crippen LogP contribution in [0.2, 0.25) is 0 Å². The number of hydrogen-bond acceptors (Lipinski definition) is 6. The van der Waals surface area contributed by atoms with Crippen molar-refractivity contribution in [3.8, 4) is 6.07 Å². The van der Waals surface area contributed by atoms with Crippen LogP contribution in [0.3, 0.4) is 0 Å². The Morgan fingerprint density at radius 2 is 1.95 bits per heavy atom. The second-order valence-corrected chi connectivity index (χ2v) is 14.0. The van der Waals surface area contributed by atoms with Gasteiger partial charge in [-0.05, 0) is 0 Å². The van der Waals surface area contributed by atoms with E-state index in [0.717, 1.165) is 55.9 Å². The van der Waals surface area contributed by atoms with Gasteiger partial charge in [-0.25, -0.2) is 0 Å². The SMILES string of the molecule is CCC([As]c1c(C#N)cnc2c(Br)cc(NC(c3cccc(C(N)=O)c3)c3cn(C4CC4)nn3)cc12)c1ccccc1. The Morgan fingerprint density at radius 3 is 2.67 bits per heavy atom. The number of rotatable bonds is 10. The number of anilines is 1. The van der Waals surface area contributed by atoms with E-state index in [0.29, 0.717) is 21.9 Å². The Morgan fingerprint density at radius 1 is 1.17 bits per heavy atom. The van der Waals surface area contributed by atoms with Gasteiger partial charge in [-0.15, -0.1) is 0 Å². The van der Waals surface area contributed by atoms with Gasteiger partial charge in [-0.3, -0.25) is 0 Å². The molecule has 0 spiro atoms. The quantitative estimate of drug-likeness (QED) is 0.186. The van der Waals surface area contributed by atoms with E-state index in [1.807, 2.05) is 35.1 Å². The van der Waals surface area contributed by atoms with Crippen molar-refractivity contribution in [3.05, 3.63) is 112 Å². The number of benzene rings is 3. The van der Waals surface area contributed by atoms with Crippen LogP contribution in [-0.2, 0) is 0 Å². The molecule has 2 aromatic heterocycles. The Labute approximate surface area is 259 Å². The van der Waals surface area contributed by atoms with Gasteiger partial charge < -0.3 is 0 Å². The molecule has 1 aliphatic rings. The number of nitrogens with one attached hydrogen (secondary N) is 1. The molecule has 1 saturated carbocycles. The molecule has 209 valence electrons. The maximum absolute atomic E-state index is 12.0. The number of nitrogens with zero attached hydrogens (tertiary/aromatic N) is 5. The van der Waals surface area contributed by atoms with E-state index in [-0.39, 0.29) is 0 Å². The first-order valence-electron chi connectivity index (χ1n) is 13.8. The van der Waals surface area contributed by atoms with Crippen LogP contribution in [-0.4, -0.2) is 41.6 Å². The first-order chi connectivity index (χ1) is 20.4. The molecule has 0 bridgehead atoms. The van der Waals surface area contributed by atoms with Crippen LogP contribution in [0.4, 0.5) is 5.69 Å². The van der Waals surface area contributed by atoms with Gasteiger partial charge in [0.05, 0.1) is 0 Å². The van der Waals surface area contributed by atoms with E-state index < -0.39 is 27.7 Å². The molecule has 3 aromatic carbocycles. The third kappa shape index (κ3) is 5.83. The Balaban J connectivity index is 1.44. The molecule has 42 heavy (non-hydrogen) atoms. The van der Waals surface area contributed by atoms with Crippen molar-refractivity contribution >= 4 is 58.5 Å². The molecule has 6 rings (SSSR count). The minimum absolute atomic E-state index is 0.345. The van der Waals surface area contributed by atoms with E-state index in [4.69, 9.17) is 5.73 Å². The number of nitrogens with two attached hydrogens (primary N) is 1. The van der Waals surface area contributed by atoms with E-state index >= 15 is 0 Å². The number of carbonyl (C=O) groups excluding carboxylic acids is 1. The summed E-state index contributed by atoms with van der Waals surface area (Å²) in [6, 6.07) is 24.2. The van der Waals surface area contributed by atoms with Gasteiger partial charge in [0.1, 0.15) is 0 Å². The van der Waals surface area contributed by atoms with Gasteiger partial charge in [-0.2, -0.15) is 0 Å². The topological polar surface area (TPSA) is 123 Å². The fourth-order valence-corrected chi connectivity index (χ4v) is 8.53. The summed E-state index contributed by atoms with van der Waals surface area (Å²) in [6.07, 6.45) is 6.83. The van der Waals surface area contributed by atoms with E-state index in [1.165, 1.54) is 5.56 Å². The Bertz CT molecular complexity index is 1810. The van der Waals surface area contributed by atoms with Gasteiger partial charge in [-0.1, -0.05) is 0 Å². The summed E-state index contributed by atoms with van der Waals surface area (Å²) in [5.74, 6) is -0.488. The van der Waals surface area contributed by atoms with E-state index in [9.17, 15) is 10.1 Å². The van der Waals surface area contributed by atoms with Crippen molar-refractivity contribution in [1.82, 2.24) is 20.0 Å². The first kappa shape index (κ1) is 28.1. The van der Waals surface area contributed by atoms with Crippen molar-refractivity contribution in [3.63, 3.8) is 0 Å². The molecular formula is C32H28AsBrN7O. The minimum atomic E-state index is -0.488. The van der Waals surface area contributed by atoms with Crippen molar-refractivity contribution in [2.45, 2.75) is 43.0 Å². The van der Waals surface area contributed by atoms with Gasteiger partial charge >= 0.3 is 260 Å². The van der Waals surface area contributed by atoms with Gasteiger partial charge in [0.2, 0.25) is 0 Å². The zero-order valence-corrected chi connectivity index (χ0v) is 26.4. The normalized spacial score (nSPS) is 14.6. The van der Waals surface area contributed by atoms with Crippen LogP contribution in [0.5, 0.6) is 0 Å². The zero-order valence-electron chi connectivity index (χ0n) is 22.9. The standard InChI is InChI=1S/C32H28AsBrN7O/c1-2-26(19-7-4-3-5-8-19)33-29-22(16-35)17-37-31-25(29)14-23(15-27(31)34)38-30(20-9-6-10-21(13-20)32(36)42)28-18-41(40-39-28)24-11-12-24/h3-10,13-15,17-18,24,26,30,38H,2,11-12H2,1H3,(H2,36,42). The summed E-state index contributed by atoms with van der Waals surface area (Å²) >= 11 is 3.36. The molecule has 1 radical (unpaired) electrons. The molecular weight excluding hydrogens is 653 g/mol. The van der Waals surface area contributed by atoms with Crippen LogP contribution in [0.15, 0.2) is 83.6 Å². The molecule has 2 heterocycles. The average molecular weight is 681 g/mol. The van der Waals surface area contributed by atoms with Crippen molar-refractivity contribution in [2.24, 2.45) is 5.73 Å². The third-order valence-corrected chi connectivity index (χ3v) is 11.6. The monoisotopic (exact) mass is 680 g/mol. The van der Waals surface area contributed by atoms with Crippen molar-refractivity contribution < 1.29 is 4.79 Å². The number of nitriles is 1. The molecule has 8 nitrogen and oxygen atoms in total. The molecule has 5 aromatic rings. The fourth-order valence-electron chi connectivity index (χ4n) is 5.09. The van der Waals surface area contributed by atoms with Crippen LogP contribution in [0.1, 0.15) is 75.7 Å². The van der Waals surface area contributed by atoms with Crippen LogP contribution >= 0.6 is 15.9 Å². The number of fused-ring (bicyclic) bond motifs is 1. The second-order valence-electron chi connectivity index (χ2n) is 10.4. The predicted molar refractivity (Wildman–Crippen MR) is 168 cm³/mol. The summed E-state index contributed by atoms with van der Waals surface area (Å²) in [5.41, 5.74) is 11.2. The number of carbonyl (C=O) groups is 1. The van der Waals surface area contributed by atoms with Gasteiger partial charge in [0.25, 0.3) is 0 Å². The molecule has 1 amide bonds. The zero-order chi connectivity index (χ0) is 29.2. The number of aromatic nitrogens is 4. The summed E-state index contributed by atoms with van der Waals surface area (Å²) in [7, 11) is 0. The number of amides is 1. The summed E-state index contributed by atoms with van der Waals surface area (Å²) < 4.78 is 4.15. The number of primary amides is 1. The van der Waals surface area contributed by atoms with Gasteiger partial charge in [0.15, 0.2) is 0 Å². The maximum atomic E-state index is 12.0. The second kappa shape index (κ2) is 12.1. The molecule has 10 heteroatoms. The summed E-state index contributed by atoms with van der Waals surface area (Å²) in [5, 5.41) is 23.6. The van der Waals surface area contributed by atoms with Crippen LogP contribution < -0.4 is 15.4 Å². The first-order valence-corrected chi connectivity index (χ1v) is 16.6. The summed E-state index contributed by atoms with van der Waals surface area (Å²) in [4.78, 5) is 16.7. The summed E-state index contributed by atoms with van der Waals surface area (Å²) in [6.45, 7) is 2.20. The molecule has 1 fully saturated rings. The average Bonchev–Trinajstić information content (AvgIpc) is 3.75. The molecule has 0 aliphatic heterocycles. The number of hydrogen-bond donors (Lipinski definition) is 2. The van der Waals surface area contributed by atoms with Gasteiger partial charge in [0, 0.05) is 0 Å². The molecule has 2 atom stereocenters. The van der Waals surface area contributed by atoms with Crippen molar-refractivity contribution in [2.75, 3.05) is 5.32 Å².